The van der Waals surface area contributed by atoms with Crippen molar-refractivity contribution in [2.75, 3.05) is 5.32 Å². The summed E-state index contributed by atoms with van der Waals surface area (Å²) in [4.78, 5) is 13.1. The number of anilines is 1. The first-order valence-electron chi connectivity index (χ1n) is 6.52. The fourth-order valence-electron chi connectivity index (χ4n) is 2.30. The number of fused-ring (bicyclic) bond motifs is 1. The maximum atomic E-state index is 6.22. The Hall–Kier alpha value is -1.68. The molecule has 0 fully saturated rings. The highest BCUT2D eigenvalue weighted by Crippen LogP contribution is 2.26. The van der Waals surface area contributed by atoms with Crippen LogP contribution in [0.25, 0.3) is 0 Å². The van der Waals surface area contributed by atoms with Crippen LogP contribution in [0.3, 0.4) is 0 Å². The minimum Gasteiger partial charge on any atom is -0.349 e. The molecule has 1 N–H and O–H groups in total. The molecule has 5 heteroatoms. The van der Waals surface area contributed by atoms with Crippen LogP contribution in [0.15, 0.2) is 24.4 Å². The Morgan fingerprint density at radius 1 is 1.16 bits per heavy atom. The van der Waals surface area contributed by atoms with Gasteiger partial charge in [0.15, 0.2) is 0 Å². The van der Waals surface area contributed by atoms with Crippen molar-refractivity contribution in [2.45, 2.75) is 32.2 Å². The van der Waals surface area contributed by atoms with E-state index in [-0.39, 0.29) is 0 Å². The molecule has 0 aromatic carbocycles. The average Bonchev–Trinajstić information content (AvgIpc) is 2.46. The largest absolute Gasteiger partial charge is 0.349 e. The zero-order chi connectivity index (χ0) is 13.1. The lowest BCUT2D eigenvalue weighted by atomic mass is 9.97. The summed E-state index contributed by atoms with van der Waals surface area (Å²) < 4.78 is 0. The number of rotatable bonds is 3. The summed E-state index contributed by atoms with van der Waals surface area (Å²) in [6, 6.07) is 5.83. The maximum Gasteiger partial charge on any atom is 0.224 e. The number of hydrogen-bond donors (Lipinski definition) is 1. The summed E-state index contributed by atoms with van der Waals surface area (Å²) in [6.07, 6.45) is 6.12. The van der Waals surface area contributed by atoms with E-state index in [4.69, 9.17) is 11.6 Å². The van der Waals surface area contributed by atoms with Gasteiger partial charge in [-0.05, 0) is 37.8 Å². The van der Waals surface area contributed by atoms with Crippen LogP contribution in [0.1, 0.15) is 29.8 Å². The molecule has 0 radical (unpaired) electrons. The number of pyridine rings is 1. The van der Waals surface area contributed by atoms with Gasteiger partial charge in [-0.25, -0.2) is 9.97 Å². The van der Waals surface area contributed by atoms with E-state index in [9.17, 15) is 0 Å². The first kappa shape index (κ1) is 12.4. The topological polar surface area (TPSA) is 50.7 Å². The molecule has 4 nitrogen and oxygen atoms in total. The minimum absolute atomic E-state index is 0.591. The molecule has 19 heavy (non-hydrogen) atoms. The van der Waals surface area contributed by atoms with Gasteiger partial charge in [-0.15, -0.1) is 0 Å². The molecule has 2 heterocycles. The van der Waals surface area contributed by atoms with Crippen molar-refractivity contribution in [2.24, 2.45) is 0 Å². The standard InChI is InChI=1S/C14H15ClN4/c15-13-11-6-1-2-7-12(11)18-14(19-13)17-9-10-5-3-4-8-16-10/h3-5,8H,1-2,6-7,9H2,(H,17,18,19). The summed E-state index contributed by atoms with van der Waals surface area (Å²) in [5.74, 6) is 0.594. The SMILES string of the molecule is Clc1nc(NCc2ccccn2)nc2c1CCCC2. The van der Waals surface area contributed by atoms with E-state index in [1.807, 2.05) is 18.2 Å². The number of halogens is 1. The first-order chi connectivity index (χ1) is 9.33. The van der Waals surface area contributed by atoms with Crippen LogP contribution in [-0.4, -0.2) is 15.0 Å². The number of nitrogens with zero attached hydrogens (tertiary/aromatic N) is 3. The van der Waals surface area contributed by atoms with Gasteiger partial charge < -0.3 is 5.32 Å². The van der Waals surface area contributed by atoms with Crippen molar-refractivity contribution in [1.82, 2.24) is 15.0 Å². The number of aryl methyl sites for hydroxylation is 1. The van der Waals surface area contributed by atoms with Crippen LogP contribution in [0.2, 0.25) is 5.15 Å². The van der Waals surface area contributed by atoms with E-state index in [2.05, 4.69) is 20.3 Å². The predicted molar refractivity (Wildman–Crippen MR) is 75.2 cm³/mol. The third-order valence-electron chi connectivity index (χ3n) is 3.29. The van der Waals surface area contributed by atoms with Gasteiger partial charge in [0, 0.05) is 11.8 Å². The molecule has 0 amide bonds. The molecule has 2 aromatic heterocycles. The van der Waals surface area contributed by atoms with Crippen LogP contribution in [-0.2, 0) is 19.4 Å². The Kier molecular flexibility index (Phi) is 3.60. The lowest BCUT2D eigenvalue weighted by molar-refractivity contribution is 0.663. The van der Waals surface area contributed by atoms with Crippen molar-refractivity contribution in [1.29, 1.82) is 0 Å². The fraction of sp³-hybridized carbons (Fsp3) is 0.357. The highest BCUT2D eigenvalue weighted by molar-refractivity contribution is 6.30. The normalized spacial score (nSPS) is 13.9. The van der Waals surface area contributed by atoms with Crippen molar-refractivity contribution in [3.05, 3.63) is 46.5 Å². The molecule has 0 saturated heterocycles. The third kappa shape index (κ3) is 2.84. The van der Waals surface area contributed by atoms with Crippen LogP contribution in [0.5, 0.6) is 0 Å². The number of aromatic nitrogens is 3. The average molecular weight is 275 g/mol. The van der Waals surface area contributed by atoms with Gasteiger partial charge in [-0.1, -0.05) is 17.7 Å². The third-order valence-corrected chi connectivity index (χ3v) is 3.60. The molecule has 0 spiro atoms. The molecule has 1 aliphatic rings. The smallest absolute Gasteiger partial charge is 0.224 e. The summed E-state index contributed by atoms with van der Waals surface area (Å²) in [6.45, 7) is 0.607. The molecule has 3 rings (SSSR count). The Morgan fingerprint density at radius 3 is 2.89 bits per heavy atom. The van der Waals surface area contributed by atoms with E-state index in [0.29, 0.717) is 17.6 Å². The summed E-state index contributed by atoms with van der Waals surface area (Å²) in [5, 5.41) is 3.77. The van der Waals surface area contributed by atoms with Crippen molar-refractivity contribution in [3.63, 3.8) is 0 Å². The monoisotopic (exact) mass is 274 g/mol. The second-order valence-electron chi connectivity index (χ2n) is 4.65. The van der Waals surface area contributed by atoms with Gasteiger partial charge in [0.2, 0.25) is 5.95 Å². The first-order valence-corrected chi connectivity index (χ1v) is 6.90. The van der Waals surface area contributed by atoms with Crippen LogP contribution < -0.4 is 5.32 Å². The van der Waals surface area contributed by atoms with Crippen molar-refractivity contribution >= 4 is 17.5 Å². The van der Waals surface area contributed by atoms with Crippen LogP contribution >= 0.6 is 11.6 Å². The highest BCUT2D eigenvalue weighted by Gasteiger charge is 2.16. The second-order valence-corrected chi connectivity index (χ2v) is 5.00. The Morgan fingerprint density at radius 2 is 2.05 bits per heavy atom. The fourth-order valence-corrected chi connectivity index (χ4v) is 2.58. The second kappa shape index (κ2) is 5.53. The van der Waals surface area contributed by atoms with Crippen molar-refractivity contribution in [3.8, 4) is 0 Å². The Bertz CT molecular complexity index is 571. The van der Waals surface area contributed by atoms with Crippen molar-refractivity contribution < 1.29 is 0 Å². The van der Waals surface area contributed by atoms with Gasteiger partial charge in [0.25, 0.3) is 0 Å². The van der Waals surface area contributed by atoms with Gasteiger partial charge in [-0.2, -0.15) is 0 Å². The molecule has 98 valence electrons. The predicted octanol–water partition coefficient (Wildman–Crippen LogP) is 3.02. The Balaban J connectivity index is 1.76. The zero-order valence-electron chi connectivity index (χ0n) is 10.6. The molecule has 0 bridgehead atoms. The van der Waals surface area contributed by atoms with Crippen LogP contribution in [0.4, 0.5) is 5.95 Å². The zero-order valence-corrected chi connectivity index (χ0v) is 11.3. The number of nitrogens with one attached hydrogen (secondary N) is 1. The molecular formula is C14H15ClN4. The molecule has 1 aliphatic carbocycles. The lowest BCUT2D eigenvalue weighted by Crippen LogP contribution is -2.12. The summed E-state index contributed by atoms with van der Waals surface area (Å²) >= 11 is 6.22. The van der Waals surface area contributed by atoms with E-state index in [0.717, 1.165) is 29.8 Å². The highest BCUT2D eigenvalue weighted by atomic mass is 35.5. The van der Waals surface area contributed by atoms with Crippen LogP contribution in [0, 0.1) is 0 Å². The molecule has 0 atom stereocenters. The minimum atomic E-state index is 0.591. The molecule has 0 saturated carbocycles. The van der Waals surface area contributed by atoms with Gasteiger partial charge in [-0.3, -0.25) is 4.98 Å². The summed E-state index contributed by atoms with van der Waals surface area (Å²) in [7, 11) is 0. The van der Waals surface area contributed by atoms with Gasteiger partial charge >= 0.3 is 0 Å². The maximum absolute atomic E-state index is 6.22. The van der Waals surface area contributed by atoms with Gasteiger partial charge in [0.05, 0.1) is 17.9 Å². The molecular weight excluding hydrogens is 260 g/mol. The lowest BCUT2D eigenvalue weighted by Gasteiger charge is -2.16. The molecule has 0 unspecified atom stereocenters. The summed E-state index contributed by atoms with van der Waals surface area (Å²) in [5.41, 5.74) is 3.17. The van der Waals surface area contributed by atoms with E-state index in [1.54, 1.807) is 6.20 Å². The molecule has 2 aromatic rings. The van der Waals surface area contributed by atoms with E-state index >= 15 is 0 Å². The van der Waals surface area contributed by atoms with E-state index < -0.39 is 0 Å². The Labute approximate surface area is 117 Å². The molecule has 0 aliphatic heterocycles. The number of hydrogen-bond acceptors (Lipinski definition) is 4. The quantitative estimate of drug-likeness (QED) is 0.874. The van der Waals surface area contributed by atoms with Gasteiger partial charge in [0.1, 0.15) is 5.15 Å². The van der Waals surface area contributed by atoms with E-state index in [1.165, 1.54) is 12.8 Å².